The van der Waals surface area contributed by atoms with Crippen molar-refractivity contribution in [1.82, 2.24) is 5.43 Å². The van der Waals surface area contributed by atoms with Crippen molar-refractivity contribution in [3.63, 3.8) is 0 Å². The zero-order chi connectivity index (χ0) is 19.1. The van der Waals surface area contributed by atoms with Gasteiger partial charge in [-0.05, 0) is 55.2 Å². The van der Waals surface area contributed by atoms with Gasteiger partial charge in [-0.2, -0.15) is 0 Å². The topological polar surface area (TPSA) is 93.4 Å². The van der Waals surface area contributed by atoms with Crippen molar-refractivity contribution in [3.05, 3.63) is 59.2 Å². The maximum atomic E-state index is 12.6. The molecule has 138 valence electrons. The molecular weight excluding hydrogens is 330 g/mol. The van der Waals surface area contributed by atoms with Crippen molar-refractivity contribution in [2.45, 2.75) is 39.7 Å². The fourth-order valence-corrected chi connectivity index (χ4v) is 2.65. The lowest BCUT2D eigenvalue weighted by Gasteiger charge is -2.15. The van der Waals surface area contributed by atoms with Crippen molar-refractivity contribution in [3.8, 4) is 5.75 Å². The monoisotopic (exact) mass is 355 g/mol. The minimum Gasteiger partial charge on any atom is -0.481 e. The molecule has 2 aromatic rings. The van der Waals surface area contributed by atoms with Crippen LogP contribution >= 0.6 is 0 Å². The van der Waals surface area contributed by atoms with Crippen molar-refractivity contribution in [2.24, 2.45) is 5.84 Å². The van der Waals surface area contributed by atoms with E-state index in [0.29, 0.717) is 11.3 Å². The highest BCUT2D eigenvalue weighted by molar-refractivity contribution is 6.05. The van der Waals surface area contributed by atoms with E-state index in [4.69, 9.17) is 10.6 Å². The van der Waals surface area contributed by atoms with Crippen LogP contribution in [0.4, 0.5) is 5.69 Å². The van der Waals surface area contributed by atoms with E-state index in [9.17, 15) is 9.59 Å². The summed E-state index contributed by atoms with van der Waals surface area (Å²) in [4.78, 5) is 24.0. The summed E-state index contributed by atoms with van der Waals surface area (Å²) in [5.74, 6) is 4.96. The molecule has 0 aliphatic carbocycles. The normalized spacial score (nSPS) is 11.5. The predicted molar refractivity (Wildman–Crippen MR) is 102 cm³/mol. The van der Waals surface area contributed by atoms with Crippen LogP contribution in [0, 0.1) is 0 Å². The minimum atomic E-state index is -0.719. The molecule has 0 radical (unpaired) electrons. The molecule has 4 N–H and O–H groups in total. The maximum Gasteiger partial charge on any atom is 0.274 e. The lowest BCUT2D eigenvalue weighted by molar-refractivity contribution is -0.127. The van der Waals surface area contributed by atoms with Crippen LogP contribution in [-0.2, 0) is 17.6 Å². The van der Waals surface area contributed by atoms with Crippen molar-refractivity contribution >= 4 is 17.5 Å². The van der Waals surface area contributed by atoms with E-state index in [0.717, 1.165) is 29.7 Å². The van der Waals surface area contributed by atoms with Gasteiger partial charge in [-0.1, -0.05) is 32.0 Å². The number of rotatable bonds is 7. The number of anilines is 1. The molecule has 2 rings (SSSR count). The van der Waals surface area contributed by atoms with Crippen LogP contribution in [0.2, 0.25) is 0 Å². The number of ether oxygens (including phenoxy) is 1. The zero-order valence-electron chi connectivity index (χ0n) is 15.3. The Morgan fingerprint density at radius 2 is 1.62 bits per heavy atom. The standard InChI is InChI=1S/C20H25N3O3/c1-4-14-7-6-8-15(5-2)18(14)22-20(25)16-9-11-17(12-10-16)26-13(3)19(24)23-21/h6-13H,4-5,21H2,1-3H3,(H,22,25)(H,23,24). The summed E-state index contributed by atoms with van der Waals surface area (Å²) in [6.07, 6.45) is 0.970. The van der Waals surface area contributed by atoms with Gasteiger partial charge in [0.2, 0.25) is 0 Å². The molecule has 6 heteroatoms. The van der Waals surface area contributed by atoms with Gasteiger partial charge < -0.3 is 10.1 Å². The van der Waals surface area contributed by atoms with E-state index in [-0.39, 0.29) is 5.91 Å². The molecule has 2 aromatic carbocycles. The third kappa shape index (κ3) is 4.61. The van der Waals surface area contributed by atoms with Gasteiger partial charge in [0.25, 0.3) is 11.8 Å². The first kappa shape index (κ1) is 19.5. The summed E-state index contributed by atoms with van der Waals surface area (Å²) in [5, 5.41) is 3.02. The van der Waals surface area contributed by atoms with E-state index in [1.165, 1.54) is 0 Å². The second-order valence-corrected chi connectivity index (χ2v) is 5.91. The molecule has 0 heterocycles. The molecule has 0 saturated carbocycles. The fraction of sp³-hybridized carbons (Fsp3) is 0.300. The van der Waals surface area contributed by atoms with Crippen molar-refractivity contribution in [1.29, 1.82) is 0 Å². The van der Waals surface area contributed by atoms with Gasteiger partial charge in [0, 0.05) is 11.3 Å². The molecule has 1 unspecified atom stereocenters. The molecule has 1 atom stereocenters. The Hall–Kier alpha value is -2.86. The average molecular weight is 355 g/mol. The first-order chi connectivity index (χ1) is 12.5. The SMILES string of the molecule is CCc1cccc(CC)c1NC(=O)c1ccc(OC(C)C(=O)NN)cc1. The van der Waals surface area contributed by atoms with Gasteiger partial charge in [0.05, 0.1) is 0 Å². The van der Waals surface area contributed by atoms with Crippen LogP contribution in [0.5, 0.6) is 5.75 Å². The van der Waals surface area contributed by atoms with E-state index in [2.05, 4.69) is 19.2 Å². The number of benzene rings is 2. The van der Waals surface area contributed by atoms with Crippen molar-refractivity contribution < 1.29 is 14.3 Å². The summed E-state index contributed by atoms with van der Waals surface area (Å²) in [7, 11) is 0. The molecule has 2 amide bonds. The van der Waals surface area contributed by atoms with E-state index < -0.39 is 12.0 Å². The molecule has 0 fully saturated rings. The Balaban J connectivity index is 2.13. The highest BCUT2D eigenvalue weighted by Crippen LogP contribution is 2.24. The molecule has 0 bridgehead atoms. The largest absolute Gasteiger partial charge is 0.481 e. The van der Waals surface area contributed by atoms with Crippen LogP contribution in [0.1, 0.15) is 42.3 Å². The predicted octanol–water partition coefficient (Wildman–Crippen LogP) is 2.82. The Kier molecular flexibility index (Phi) is 6.74. The molecule has 0 aromatic heterocycles. The quantitative estimate of drug-likeness (QED) is 0.404. The molecule has 26 heavy (non-hydrogen) atoms. The van der Waals surface area contributed by atoms with E-state index in [1.807, 2.05) is 23.6 Å². The molecule has 0 aliphatic heterocycles. The van der Waals surface area contributed by atoms with Gasteiger partial charge >= 0.3 is 0 Å². The third-order valence-electron chi connectivity index (χ3n) is 4.18. The molecule has 0 spiro atoms. The lowest BCUT2D eigenvalue weighted by Crippen LogP contribution is -2.40. The number of carbonyl (C=O) groups is 2. The summed E-state index contributed by atoms with van der Waals surface area (Å²) in [6, 6.07) is 12.7. The number of hydrogen-bond acceptors (Lipinski definition) is 4. The van der Waals surface area contributed by atoms with Crippen LogP contribution in [0.25, 0.3) is 0 Å². The second-order valence-electron chi connectivity index (χ2n) is 5.91. The van der Waals surface area contributed by atoms with Gasteiger partial charge in [-0.15, -0.1) is 0 Å². The minimum absolute atomic E-state index is 0.181. The summed E-state index contributed by atoms with van der Waals surface area (Å²) in [6.45, 7) is 5.72. The lowest BCUT2D eigenvalue weighted by atomic mass is 10.0. The Bertz CT molecular complexity index is 750. The molecule has 0 saturated heterocycles. The van der Waals surface area contributed by atoms with Crippen LogP contribution in [0.15, 0.2) is 42.5 Å². The van der Waals surface area contributed by atoms with Crippen molar-refractivity contribution in [2.75, 3.05) is 5.32 Å². The number of aryl methyl sites for hydroxylation is 2. The van der Waals surface area contributed by atoms with Crippen LogP contribution in [-0.4, -0.2) is 17.9 Å². The highest BCUT2D eigenvalue weighted by atomic mass is 16.5. The molecular formula is C20H25N3O3. The fourth-order valence-electron chi connectivity index (χ4n) is 2.65. The maximum absolute atomic E-state index is 12.6. The van der Waals surface area contributed by atoms with Gasteiger partial charge in [0.15, 0.2) is 6.10 Å². The van der Waals surface area contributed by atoms with E-state index >= 15 is 0 Å². The number of para-hydroxylation sites is 1. The molecule has 6 nitrogen and oxygen atoms in total. The first-order valence-electron chi connectivity index (χ1n) is 8.69. The van der Waals surface area contributed by atoms with Gasteiger partial charge in [-0.3, -0.25) is 15.0 Å². The van der Waals surface area contributed by atoms with Gasteiger partial charge in [0.1, 0.15) is 5.75 Å². The number of nitrogens with two attached hydrogens (primary N) is 1. The summed E-state index contributed by atoms with van der Waals surface area (Å²) in [5.41, 5.74) is 5.66. The number of carbonyl (C=O) groups excluding carboxylic acids is 2. The van der Waals surface area contributed by atoms with Crippen LogP contribution in [0.3, 0.4) is 0 Å². The Labute approximate surface area is 153 Å². The number of hydrazine groups is 1. The number of hydrogen-bond donors (Lipinski definition) is 3. The van der Waals surface area contributed by atoms with Gasteiger partial charge in [-0.25, -0.2) is 5.84 Å². The third-order valence-corrected chi connectivity index (χ3v) is 4.18. The number of nitrogens with one attached hydrogen (secondary N) is 2. The van der Waals surface area contributed by atoms with E-state index in [1.54, 1.807) is 31.2 Å². The summed E-state index contributed by atoms with van der Waals surface area (Å²) < 4.78 is 5.47. The Morgan fingerprint density at radius 3 is 2.12 bits per heavy atom. The number of amides is 2. The first-order valence-corrected chi connectivity index (χ1v) is 8.69. The smallest absolute Gasteiger partial charge is 0.274 e. The average Bonchev–Trinajstić information content (AvgIpc) is 2.67. The zero-order valence-corrected chi connectivity index (χ0v) is 15.3. The summed E-state index contributed by atoms with van der Waals surface area (Å²) >= 11 is 0. The highest BCUT2D eigenvalue weighted by Gasteiger charge is 2.14. The Morgan fingerprint density at radius 1 is 1.04 bits per heavy atom. The van der Waals surface area contributed by atoms with Crippen LogP contribution < -0.4 is 21.3 Å². The second kappa shape index (κ2) is 9.01. The molecule has 0 aliphatic rings.